The van der Waals surface area contributed by atoms with Crippen LogP contribution in [0.5, 0.6) is 11.5 Å². The summed E-state index contributed by atoms with van der Waals surface area (Å²) in [7, 11) is 0. The first kappa shape index (κ1) is 31.2. The van der Waals surface area contributed by atoms with Gasteiger partial charge in [0.1, 0.15) is 19.0 Å². The van der Waals surface area contributed by atoms with E-state index >= 15 is 0 Å². The highest BCUT2D eigenvalue weighted by Gasteiger charge is 2.40. The van der Waals surface area contributed by atoms with Crippen LogP contribution in [-0.2, 0) is 11.3 Å². The molecular formula is C34H39Cl2N3O4. The van der Waals surface area contributed by atoms with E-state index in [1.165, 1.54) is 11.1 Å². The van der Waals surface area contributed by atoms with Crippen molar-refractivity contribution < 1.29 is 19.1 Å². The van der Waals surface area contributed by atoms with Crippen LogP contribution in [0.4, 0.5) is 0 Å². The van der Waals surface area contributed by atoms with E-state index in [9.17, 15) is 9.59 Å². The van der Waals surface area contributed by atoms with Crippen molar-refractivity contribution in [2.75, 3.05) is 26.3 Å². The average Bonchev–Trinajstić information content (AvgIpc) is 3.82. The zero-order chi connectivity index (χ0) is 30.5. The van der Waals surface area contributed by atoms with E-state index in [1.807, 2.05) is 11.8 Å². The number of benzene rings is 3. The fraction of sp³-hybridized carbons (Fsp3) is 0.412. The van der Waals surface area contributed by atoms with Crippen LogP contribution in [0.3, 0.4) is 0 Å². The summed E-state index contributed by atoms with van der Waals surface area (Å²) >= 11 is 12.5. The maximum Gasteiger partial charge on any atom is 0.251 e. The minimum Gasteiger partial charge on any atom is -0.490 e. The van der Waals surface area contributed by atoms with Gasteiger partial charge in [-0.05, 0) is 105 Å². The number of amides is 2. The molecule has 2 N–H and O–H groups in total. The Morgan fingerprint density at radius 1 is 0.907 bits per heavy atom. The normalized spacial score (nSPS) is 18.2. The molecule has 3 aromatic carbocycles. The maximum atomic E-state index is 13.9. The van der Waals surface area contributed by atoms with Crippen LogP contribution in [0.1, 0.15) is 51.9 Å². The molecule has 1 aliphatic heterocycles. The highest BCUT2D eigenvalue weighted by molar-refractivity contribution is 6.37. The number of halogens is 2. The Morgan fingerprint density at radius 2 is 1.60 bits per heavy atom. The minimum absolute atomic E-state index is 0.109. The molecule has 228 valence electrons. The lowest BCUT2D eigenvalue weighted by Gasteiger charge is -2.36. The van der Waals surface area contributed by atoms with Crippen molar-refractivity contribution in [2.45, 2.75) is 58.7 Å². The number of hydrogen-bond donors (Lipinski definition) is 2. The Morgan fingerprint density at radius 3 is 2.28 bits per heavy atom. The molecular weight excluding hydrogens is 585 g/mol. The third kappa shape index (κ3) is 8.02. The number of carbonyl (C=O) groups excluding carboxylic acids is 2. The molecule has 2 fully saturated rings. The molecule has 2 atom stereocenters. The van der Waals surface area contributed by atoms with Gasteiger partial charge in [-0.3, -0.25) is 9.59 Å². The Balaban J connectivity index is 1.15. The third-order valence-electron chi connectivity index (χ3n) is 8.17. The zero-order valence-electron chi connectivity index (χ0n) is 24.9. The number of nitrogens with zero attached hydrogens (tertiary/aromatic N) is 1. The van der Waals surface area contributed by atoms with Gasteiger partial charge >= 0.3 is 0 Å². The summed E-state index contributed by atoms with van der Waals surface area (Å²) in [6.45, 7) is 8.56. The number of nitrogens with one attached hydrogen (secondary N) is 2. The molecule has 0 spiro atoms. The molecule has 2 aliphatic rings. The number of ether oxygens (including phenoxy) is 2. The number of hydrogen-bond acceptors (Lipinski definition) is 5. The first-order chi connectivity index (χ1) is 20.7. The second-order valence-corrected chi connectivity index (χ2v) is 12.4. The Labute approximate surface area is 263 Å². The minimum atomic E-state index is -0.317. The summed E-state index contributed by atoms with van der Waals surface area (Å²) in [5.41, 5.74) is 5.09. The van der Waals surface area contributed by atoms with Gasteiger partial charge in [0.25, 0.3) is 5.91 Å². The number of rotatable bonds is 11. The van der Waals surface area contributed by atoms with Crippen molar-refractivity contribution in [1.29, 1.82) is 0 Å². The summed E-state index contributed by atoms with van der Waals surface area (Å²) < 4.78 is 11.5. The van der Waals surface area contributed by atoms with E-state index < -0.39 is 0 Å². The van der Waals surface area contributed by atoms with Gasteiger partial charge in [0, 0.05) is 30.7 Å². The SMILES string of the molecule is Cc1cc(Cl)c(OCCOc2ccc(C(=O)NC3CCNCC3C(=O)N(Cc3ccc(C)c(C)c3)C3CC3)cc2)c(Cl)c1. The number of piperidine rings is 1. The summed E-state index contributed by atoms with van der Waals surface area (Å²) in [5, 5.41) is 7.43. The van der Waals surface area contributed by atoms with Crippen molar-refractivity contribution in [2.24, 2.45) is 5.92 Å². The first-order valence-corrected chi connectivity index (χ1v) is 15.6. The summed E-state index contributed by atoms with van der Waals surface area (Å²) in [4.78, 5) is 29.1. The molecule has 2 amide bonds. The van der Waals surface area contributed by atoms with Crippen LogP contribution in [0.25, 0.3) is 0 Å². The Bertz CT molecular complexity index is 1440. The molecule has 0 bridgehead atoms. The van der Waals surface area contributed by atoms with Gasteiger partial charge in [-0.2, -0.15) is 0 Å². The second-order valence-electron chi connectivity index (χ2n) is 11.6. The smallest absolute Gasteiger partial charge is 0.251 e. The monoisotopic (exact) mass is 623 g/mol. The lowest BCUT2D eigenvalue weighted by molar-refractivity contribution is -0.138. The quantitative estimate of drug-likeness (QED) is 0.246. The molecule has 7 nitrogen and oxygen atoms in total. The fourth-order valence-electron chi connectivity index (χ4n) is 5.46. The molecule has 9 heteroatoms. The van der Waals surface area contributed by atoms with E-state index in [4.69, 9.17) is 32.7 Å². The molecule has 3 aromatic rings. The van der Waals surface area contributed by atoms with Crippen molar-refractivity contribution in [3.63, 3.8) is 0 Å². The lowest BCUT2D eigenvalue weighted by Crippen LogP contribution is -2.55. The van der Waals surface area contributed by atoms with E-state index in [1.54, 1.807) is 36.4 Å². The topological polar surface area (TPSA) is 79.9 Å². The first-order valence-electron chi connectivity index (χ1n) is 14.9. The van der Waals surface area contributed by atoms with E-state index in [0.29, 0.717) is 46.6 Å². The Hall–Kier alpha value is -3.26. The van der Waals surface area contributed by atoms with E-state index in [0.717, 1.165) is 30.5 Å². The molecule has 1 saturated carbocycles. The van der Waals surface area contributed by atoms with Gasteiger partial charge in [-0.1, -0.05) is 41.4 Å². The van der Waals surface area contributed by atoms with E-state index in [2.05, 4.69) is 42.7 Å². The molecule has 5 rings (SSSR count). The van der Waals surface area contributed by atoms with Gasteiger partial charge < -0.3 is 25.0 Å². The zero-order valence-corrected chi connectivity index (χ0v) is 26.4. The molecule has 0 radical (unpaired) electrons. The van der Waals surface area contributed by atoms with Crippen LogP contribution in [0.15, 0.2) is 54.6 Å². The van der Waals surface area contributed by atoms with Crippen LogP contribution < -0.4 is 20.1 Å². The second kappa shape index (κ2) is 14.0. The molecule has 43 heavy (non-hydrogen) atoms. The largest absolute Gasteiger partial charge is 0.490 e. The molecule has 1 heterocycles. The lowest BCUT2D eigenvalue weighted by atomic mass is 9.91. The van der Waals surface area contributed by atoms with Crippen molar-refractivity contribution in [1.82, 2.24) is 15.5 Å². The summed E-state index contributed by atoms with van der Waals surface area (Å²) in [6.07, 6.45) is 2.75. The van der Waals surface area contributed by atoms with Gasteiger partial charge in [-0.15, -0.1) is 0 Å². The molecule has 1 saturated heterocycles. The summed E-state index contributed by atoms with van der Waals surface area (Å²) in [6, 6.07) is 17.0. The van der Waals surface area contributed by atoms with Gasteiger partial charge in [0.2, 0.25) is 5.91 Å². The number of carbonyl (C=O) groups is 2. The van der Waals surface area contributed by atoms with Crippen molar-refractivity contribution >= 4 is 35.0 Å². The highest BCUT2D eigenvalue weighted by atomic mass is 35.5. The van der Waals surface area contributed by atoms with Crippen molar-refractivity contribution in [3.8, 4) is 11.5 Å². The van der Waals surface area contributed by atoms with Crippen molar-refractivity contribution in [3.05, 3.63) is 92.5 Å². The van der Waals surface area contributed by atoms with Crippen LogP contribution in [0.2, 0.25) is 10.0 Å². The third-order valence-corrected chi connectivity index (χ3v) is 8.73. The average molecular weight is 625 g/mol. The standard InChI is InChI=1S/C34H39Cl2N3O4/c1-21-16-29(35)32(30(36)17-21)43-15-14-42-27-10-6-25(7-11-27)33(40)38-31-12-13-37-19-28(31)34(41)39(26-8-9-26)20-24-5-4-22(2)23(3)18-24/h4-7,10-11,16-18,26,28,31,37H,8-9,12-15,19-20H2,1-3H3,(H,38,40). The molecule has 0 aromatic heterocycles. The number of aryl methyl sites for hydroxylation is 3. The van der Waals surface area contributed by atoms with Crippen LogP contribution in [-0.4, -0.2) is 55.1 Å². The predicted molar refractivity (Wildman–Crippen MR) is 170 cm³/mol. The summed E-state index contributed by atoms with van der Waals surface area (Å²) in [5.74, 6) is 0.642. The maximum absolute atomic E-state index is 13.9. The van der Waals surface area contributed by atoms with Crippen LogP contribution in [0, 0.1) is 26.7 Å². The fourth-order valence-corrected chi connectivity index (χ4v) is 6.16. The van der Waals surface area contributed by atoms with Gasteiger partial charge in [0.05, 0.1) is 16.0 Å². The van der Waals surface area contributed by atoms with E-state index in [-0.39, 0.29) is 43.0 Å². The Kier molecular flexibility index (Phi) is 10.2. The molecule has 1 aliphatic carbocycles. The highest BCUT2D eigenvalue weighted by Crippen LogP contribution is 2.34. The molecule has 2 unspecified atom stereocenters. The van der Waals surface area contributed by atoms with Gasteiger partial charge in [0.15, 0.2) is 5.75 Å². The predicted octanol–water partition coefficient (Wildman–Crippen LogP) is 6.28. The van der Waals surface area contributed by atoms with Gasteiger partial charge in [-0.25, -0.2) is 0 Å². The van der Waals surface area contributed by atoms with Crippen LogP contribution >= 0.6 is 23.2 Å².